The molecule has 0 atom stereocenters. The summed E-state index contributed by atoms with van der Waals surface area (Å²) in [5.41, 5.74) is 3.73. The molecule has 0 aromatic heterocycles. The van der Waals surface area contributed by atoms with Crippen molar-refractivity contribution in [1.29, 1.82) is 0 Å². The molecule has 2 aliphatic carbocycles. The van der Waals surface area contributed by atoms with Crippen LogP contribution in [-0.2, 0) is 24.1 Å². The van der Waals surface area contributed by atoms with Crippen molar-refractivity contribution in [2.45, 2.75) is 51.5 Å². The van der Waals surface area contributed by atoms with E-state index in [2.05, 4.69) is 21.7 Å². The van der Waals surface area contributed by atoms with Crippen molar-refractivity contribution in [3.05, 3.63) is 28.8 Å². The van der Waals surface area contributed by atoms with Gasteiger partial charge in [0.05, 0.1) is 0 Å². The number of rotatable bonds is 8. The van der Waals surface area contributed by atoms with Crippen molar-refractivity contribution in [3.8, 4) is 5.75 Å². The van der Waals surface area contributed by atoms with E-state index in [-0.39, 0.29) is 0 Å². The van der Waals surface area contributed by atoms with Crippen molar-refractivity contribution in [2.75, 3.05) is 26.8 Å². The van der Waals surface area contributed by atoms with E-state index in [1.807, 2.05) is 6.07 Å². The van der Waals surface area contributed by atoms with Gasteiger partial charge < -0.3 is 20.5 Å². The average Bonchev–Trinajstić information content (AvgIpc) is 3.46. The van der Waals surface area contributed by atoms with E-state index in [1.54, 1.807) is 7.05 Å². The zero-order valence-corrected chi connectivity index (χ0v) is 15.3. The fourth-order valence-electron chi connectivity index (χ4n) is 3.40. The van der Waals surface area contributed by atoms with Gasteiger partial charge in [-0.3, -0.25) is 4.99 Å². The fourth-order valence-corrected chi connectivity index (χ4v) is 3.40. The highest BCUT2D eigenvalue weighted by Gasteiger charge is 2.20. The van der Waals surface area contributed by atoms with Gasteiger partial charge >= 0.3 is 0 Å². The number of nitrogens with one attached hydrogen (secondary N) is 2. The number of hydrogen-bond donors (Lipinski definition) is 3. The Morgan fingerprint density at radius 3 is 2.88 bits per heavy atom. The Morgan fingerprint density at radius 2 is 2.08 bits per heavy atom. The van der Waals surface area contributed by atoms with Gasteiger partial charge in [-0.15, -0.1) is 0 Å². The molecule has 2 aliphatic rings. The average molecular weight is 345 g/mol. The highest BCUT2D eigenvalue weighted by atomic mass is 16.5. The Morgan fingerprint density at radius 1 is 1.24 bits per heavy atom. The van der Waals surface area contributed by atoms with Crippen molar-refractivity contribution in [1.82, 2.24) is 10.6 Å². The van der Waals surface area contributed by atoms with Crippen LogP contribution in [0.5, 0.6) is 5.75 Å². The number of phenolic OH excluding ortho intramolecular Hbond substituents is 1. The molecular weight excluding hydrogens is 314 g/mol. The zero-order valence-electron chi connectivity index (χ0n) is 15.3. The van der Waals surface area contributed by atoms with Crippen LogP contribution in [0.25, 0.3) is 0 Å². The predicted molar refractivity (Wildman–Crippen MR) is 101 cm³/mol. The number of phenols is 1. The first-order chi connectivity index (χ1) is 12.3. The predicted octanol–water partition coefficient (Wildman–Crippen LogP) is 2.75. The summed E-state index contributed by atoms with van der Waals surface area (Å²) < 4.78 is 5.65. The van der Waals surface area contributed by atoms with E-state index in [4.69, 9.17) is 4.74 Å². The number of ether oxygens (including phenoxy) is 1. The molecule has 0 unspecified atom stereocenters. The van der Waals surface area contributed by atoms with Crippen LogP contribution < -0.4 is 10.6 Å². The van der Waals surface area contributed by atoms with E-state index in [0.717, 1.165) is 56.5 Å². The minimum Gasteiger partial charge on any atom is -0.508 e. The third-order valence-corrected chi connectivity index (χ3v) is 5.09. The molecule has 5 heteroatoms. The van der Waals surface area contributed by atoms with Gasteiger partial charge in [0.2, 0.25) is 0 Å². The minimum absolute atomic E-state index is 0.386. The first-order valence-corrected chi connectivity index (χ1v) is 9.62. The molecule has 0 bridgehead atoms. The van der Waals surface area contributed by atoms with Crippen molar-refractivity contribution < 1.29 is 9.84 Å². The molecule has 3 rings (SSSR count). The number of nitrogens with zero attached hydrogens (tertiary/aromatic N) is 1. The second-order valence-corrected chi connectivity index (χ2v) is 7.13. The summed E-state index contributed by atoms with van der Waals surface area (Å²) in [6.07, 6.45) is 8.28. The molecule has 138 valence electrons. The van der Waals surface area contributed by atoms with Gasteiger partial charge in [0.15, 0.2) is 5.96 Å². The second-order valence-electron chi connectivity index (χ2n) is 7.13. The lowest BCUT2D eigenvalue weighted by atomic mass is 9.88. The molecule has 0 heterocycles. The Bertz CT molecular complexity index is 597. The molecule has 1 saturated carbocycles. The molecule has 5 nitrogen and oxygen atoms in total. The Hall–Kier alpha value is -1.75. The van der Waals surface area contributed by atoms with Gasteiger partial charge in [0.25, 0.3) is 0 Å². The zero-order chi connectivity index (χ0) is 17.5. The Balaban J connectivity index is 1.43. The Kier molecular flexibility index (Phi) is 6.56. The number of guanidine groups is 1. The quantitative estimate of drug-likeness (QED) is 0.385. The molecule has 3 N–H and O–H groups in total. The number of aromatic hydroxyl groups is 1. The highest BCUT2D eigenvalue weighted by molar-refractivity contribution is 5.79. The van der Waals surface area contributed by atoms with Crippen LogP contribution in [0.3, 0.4) is 0 Å². The Labute approximate surface area is 150 Å². The third kappa shape index (κ3) is 5.36. The molecule has 0 radical (unpaired) electrons. The summed E-state index contributed by atoms with van der Waals surface area (Å²) in [6.45, 7) is 3.16. The molecule has 0 spiro atoms. The topological polar surface area (TPSA) is 65.9 Å². The molecule has 0 aliphatic heterocycles. The standard InChI is InChI=1S/C20H31N3O2/c1-21-20(22-11-4-12-25-14-15-7-8-15)23-13-18-17-6-3-2-5-16(17)9-10-19(18)24/h9-10,15,24H,2-8,11-14H2,1H3,(H2,21,22,23). The first kappa shape index (κ1) is 18.1. The summed E-state index contributed by atoms with van der Waals surface area (Å²) in [6, 6.07) is 3.90. The van der Waals surface area contributed by atoms with Gasteiger partial charge in [-0.1, -0.05) is 6.07 Å². The summed E-state index contributed by atoms with van der Waals surface area (Å²) >= 11 is 0. The maximum absolute atomic E-state index is 10.3. The number of fused-ring (bicyclic) bond motifs is 1. The van der Waals surface area contributed by atoms with Crippen molar-refractivity contribution in [3.63, 3.8) is 0 Å². The summed E-state index contributed by atoms with van der Waals surface area (Å²) in [5.74, 6) is 1.99. The minimum atomic E-state index is 0.386. The van der Waals surface area contributed by atoms with Crippen LogP contribution in [0.2, 0.25) is 0 Å². The lowest BCUT2D eigenvalue weighted by molar-refractivity contribution is 0.123. The normalized spacial score (nSPS) is 17.2. The molecule has 0 saturated heterocycles. The molecule has 0 amide bonds. The molecule has 1 aromatic rings. The maximum Gasteiger partial charge on any atom is 0.191 e. The number of aryl methyl sites for hydroxylation is 1. The second kappa shape index (κ2) is 9.09. The number of aliphatic imine (C=N–C) groups is 1. The van der Waals surface area contributed by atoms with Crippen LogP contribution in [0, 0.1) is 5.92 Å². The SMILES string of the molecule is CN=C(NCCCOCC1CC1)NCc1c(O)ccc2c1CCCC2. The van der Waals surface area contributed by atoms with E-state index in [9.17, 15) is 5.11 Å². The molecular formula is C20H31N3O2. The molecule has 1 aromatic carbocycles. The summed E-state index contributed by atoms with van der Waals surface area (Å²) in [5, 5.41) is 16.9. The van der Waals surface area contributed by atoms with Gasteiger partial charge in [-0.2, -0.15) is 0 Å². The highest BCUT2D eigenvalue weighted by Crippen LogP contribution is 2.30. The van der Waals surface area contributed by atoms with Gasteiger partial charge in [-0.25, -0.2) is 0 Å². The van der Waals surface area contributed by atoms with Crippen LogP contribution >= 0.6 is 0 Å². The van der Waals surface area contributed by atoms with E-state index in [0.29, 0.717) is 12.3 Å². The van der Waals surface area contributed by atoms with Crippen LogP contribution in [0.4, 0.5) is 0 Å². The van der Waals surface area contributed by atoms with E-state index >= 15 is 0 Å². The van der Waals surface area contributed by atoms with Gasteiger partial charge in [0.1, 0.15) is 5.75 Å². The summed E-state index contributed by atoms with van der Waals surface area (Å²) in [7, 11) is 1.78. The number of hydrogen-bond acceptors (Lipinski definition) is 3. The maximum atomic E-state index is 10.3. The molecule has 25 heavy (non-hydrogen) atoms. The van der Waals surface area contributed by atoms with Crippen molar-refractivity contribution in [2.24, 2.45) is 10.9 Å². The van der Waals surface area contributed by atoms with Gasteiger partial charge in [-0.05, 0) is 68.1 Å². The third-order valence-electron chi connectivity index (χ3n) is 5.09. The first-order valence-electron chi connectivity index (χ1n) is 9.62. The lowest BCUT2D eigenvalue weighted by Crippen LogP contribution is -2.37. The van der Waals surface area contributed by atoms with E-state index < -0.39 is 0 Å². The van der Waals surface area contributed by atoms with Crippen LogP contribution in [-0.4, -0.2) is 37.9 Å². The lowest BCUT2D eigenvalue weighted by Gasteiger charge is -2.21. The van der Waals surface area contributed by atoms with Crippen LogP contribution in [0.1, 0.15) is 48.8 Å². The van der Waals surface area contributed by atoms with Gasteiger partial charge in [0, 0.05) is 38.9 Å². The molecule has 1 fully saturated rings. The summed E-state index contributed by atoms with van der Waals surface area (Å²) in [4.78, 5) is 4.27. The van der Waals surface area contributed by atoms with E-state index in [1.165, 1.54) is 36.8 Å². The monoisotopic (exact) mass is 345 g/mol. The largest absolute Gasteiger partial charge is 0.508 e. The smallest absolute Gasteiger partial charge is 0.191 e. The van der Waals surface area contributed by atoms with Crippen LogP contribution in [0.15, 0.2) is 17.1 Å². The number of benzene rings is 1. The van der Waals surface area contributed by atoms with Crippen molar-refractivity contribution >= 4 is 5.96 Å². The fraction of sp³-hybridized carbons (Fsp3) is 0.650.